The molecule has 292 valence electrons. The molecule has 1 aliphatic heterocycles. The maximum Gasteiger partial charge on any atom is 0.413 e. The number of esters is 1. The molecule has 3 rings (SSSR count). The number of ether oxygens (including phenoxy) is 2. The van der Waals surface area contributed by atoms with Gasteiger partial charge in [-0.15, -0.1) is 11.3 Å². The average molecular weight is 789 g/mol. The molecule has 1 fully saturated rings. The van der Waals surface area contributed by atoms with Gasteiger partial charge in [-0.1, -0.05) is 5.16 Å². The molecular formula is C29H40N8O14S2. The minimum Gasteiger partial charge on any atom is -0.503 e. The Balaban J connectivity index is 1.86. The third-order valence-corrected chi connectivity index (χ3v) is 8.23. The first-order chi connectivity index (χ1) is 24.2. The summed E-state index contributed by atoms with van der Waals surface area (Å²) in [6, 6.07) is -3.47. The van der Waals surface area contributed by atoms with Gasteiger partial charge in [0.2, 0.25) is 11.0 Å². The Labute approximate surface area is 306 Å². The largest absolute Gasteiger partial charge is 0.503 e. The van der Waals surface area contributed by atoms with Crippen LogP contribution in [0.5, 0.6) is 5.75 Å². The number of aromatic nitrogens is 2. The molecule has 53 heavy (non-hydrogen) atoms. The standard InChI is InChI=1S/C29H40N8O14S2/c1-27(2,3)49-23(42)29(7,8)51-35-19(15-13-52-25(32-15)34-26(44)50-28(4,5)6)21(40)33-20-16(37(22(20)41)53(46,47)48)11-31-24(43)30-10-14-9-17(38)18(39)12-36(14)45/h9,12-13,16,20,39,45H,10-11H2,1-8H3,(H,33,40)(H2,30,31,43)(H,32,34,44)(H,46,47,48)/b35-19-/t16-,20+/m1/s1. The van der Waals surface area contributed by atoms with E-state index in [2.05, 4.69) is 31.4 Å². The van der Waals surface area contributed by atoms with Crippen LogP contribution in [-0.4, -0.2) is 108 Å². The Morgan fingerprint density at radius 3 is 2.23 bits per heavy atom. The van der Waals surface area contributed by atoms with Crippen molar-refractivity contribution in [1.82, 2.24) is 30.0 Å². The Morgan fingerprint density at radius 2 is 1.64 bits per heavy atom. The summed E-state index contributed by atoms with van der Waals surface area (Å²) in [5, 5.41) is 33.4. The number of carbonyl (C=O) groups is 5. The highest BCUT2D eigenvalue weighted by atomic mass is 32.2. The number of hydrogen-bond acceptors (Lipinski definition) is 16. The number of β-lactam (4-membered cyclic amide) rings is 1. The van der Waals surface area contributed by atoms with Crippen LogP contribution >= 0.6 is 11.3 Å². The summed E-state index contributed by atoms with van der Waals surface area (Å²) in [6.45, 7) is 11.2. The predicted molar refractivity (Wildman–Crippen MR) is 183 cm³/mol. The fourth-order valence-electron chi connectivity index (χ4n) is 4.12. The molecule has 0 saturated carbocycles. The van der Waals surface area contributed by atoms with Gasteiger partial charge in [-0.2, -0.15) is 13.1 Å². The smallest absolute Gasteiger partial charge is 0.413 e. The van der Waals surface area contributed by atoms with Gasteiger partial charge in [-0.3, -0.25) is 24.3 Å². The fourth-order valence-corrected chi connectivity index (χ4v) is 5.68. The lowest BCUT2D eigenvalue weighted by Gasteiger charge is -2.44. The number of hydrogen-bond donors (Lipinski definition) is 7. The first-order valence-corrected chi connectivity index (χ1v) is 17.7. The topological polar surface area (TPSA) is 306 Å². The van der Waals surface area contributed by atoms with E-state index in [1.165, 1.54) is 19.2 Å². The van der Waals surface area contributed by atoms with Crippen LogP contribution in [-0.2, 0) is 45.5 Å². The maximum atomic E-state index is 13.7. The summed E-state index contributed by atoms with van der Waals surface area (Å²) in [4.78, 5) is 85.4. The second kappa shape index (κ2) is 15.6. The molecule has 22 nitrogen and oxygen atoms in total. The van der Waals surface area contributed by atoms with Crippen molar-refractivity contribution >= 4 is 62.4 Å². The molecule has 24 heteroatoms. The predicted octanol–water partition coefficient (Wildman–Crippen LogP) is 0.434. The number of aromatic hydroxyl groups is 1. The van der Waals surface area contributed by atoms with Crippen molar-refractivity contribution in [2.75, 3.05) is 11.9 Å². The van der Waals surface area contributed by atoms with Crippen LogP contribution in [0.25, 0.3) is 0 Å². The highest BCUT2D eigenvalue weighted by Gasteiger charge is 2.54. The Kier molecular flexibility index (Phi) is 12.4. The second-order valence-electron chi connectivity index (χ2n) is 13.8. The molecule has 1 aliphatic rings. The molecule has 0 unspecified atom stereocenters. The summed E-state index contributed by atoms with van der Waals surface area (Å²) in [5.41, 5.74) is -5.45. The van der Waals surface area contributed by atoms with E-state index in [0.29, 0.717) is 10.9 Å². The van der Waals surface area contributed by atoms with Gasteiger partial charge in [0.15, 0.2) is 16.6 Å². The van der Waals surface area contributed by atoms with Gasteiger partial charge in [0, 0.05) is 18.0 Å². The molecule has 5 amide bonds. The lowest BCUT2D eigenvalue weighted by atomic mass is 9.98. The van der Waals surface area contributed by atoms with Gasteiger partial charge in [0.1, 0.15) is 22.9 Å². The van der Waals surface area contributed by atoms with Crippen molar-refractivity contribution in [3.63, 3.8) is 0 Å². The van der Waals surface area contributed by atoms with Crippen molar-refractivity contribution in [2.24, 2.45) is 5.16 Å². The van der Waals surface area contributed by atoms with Gasteiger partial charge in [0.05, 0.1) is 24.5 Å². The zero-order valence-corrected chi connectivity index (χ0v) is 31.4. The fraction of sp³-hybridized carbons (Fsp3) is 0.517. The van der Waals surface area contributed by atoms with Crippen molar-refractivity contribution in [2.45, 2.75) is 90.8 Å². The molecule has 3 heterocycles. The van der Waals surface area contributed by atoms with E-state index in [9.17, 15) is 52.1 Å². The number of thiazole rings is 1. The quantitative estimate of drug-likeness (QED) is 0.0383. The Hall–Kier alpha value is -5.49. The van der Waals surface area contributed by atoms with E-state index < -0.39 is 99.1 Å². The third kappa shape index (κ3) is 11.5. The van der Waals surface area contributed by atoms with Crippen LogP contribution in [0.1, 0.15) is 66.8 Å². The number of urea groups is 1. The van der Waals surface area contributed by atoms with Crippen molar-refractivity contribution in [3.05, 3.63) is 39.3 Å². The number of oxime groups is 1. The average Bonchev–Trinajstić information content (AvgIpc) is 3.43. The zero-order valence-electron chi connectivity index (χ0n) is 29.7. The molecule has 0 spiro atoms. The van der Waals surface area contributed by atoms with E-state index in [-0.39, 0.29) is 20.8 Å². The first kappa shape index (κ1) is 41.9. The minimum absolute atomic E-state index is 0.00815. The number of carbonyl (C=O) groups excluding carboxylic acids is 5. The molecule has 0 radical (unpaired) electrons. The molecule has 7 N–H and O–H groups in total. The van der Waals surface area contributed by atoms with Crippen LogP contribution in [0.4, 0.5) is 14.7 Å². The van der Waals surface area contributed by atoms with E-state index in [0.717, 1.165) is 17.4 Å². The summed E-state index contributed by atoms with van der Waals surface area (Å²) in [7, 11) is -5.20. The molecule has 0 aromatic carbocycles. The molecule has 1 saturated heterocycles. The summed E-state index contributed by atoms with van der Waals surface area (Å²) in [5.74, 6) is -4.13. The van der Waals surface area contributed by atoms with E-state index in [1.54, 1.807) is 41.5 Å². The second-order valence-corrected chi connectivity index (χ2v) is 15.9. The molecule has 0 aliphatic carbocycles. The summed E-state index contributed by atoms with van der Waals surface area (Å²) in [6.07, 6.45) is -0.179. The van der Waals surface area contributed by atoms with Crippen LogP contribution in [0.2, 0.25) is 0 Å². The Morgan fingerprint density at radius 1 is 1.02 bits per heavy atom. The van der Waals surface area contributed by atoms with Gasteiger partial charge in [-0.05, 0) is 55.4 Å². The molecule has 2 atom stereocenters. The van der Waals surface area contributed by atoms with Crippen LogP contribution in [0, 0.1) is 0 Å². The Bertz CT molecular complexity index is 1960. The number of anilines is 1. The van der Waals surface area contributed by atoms with Gasteiger partial charge >= 0.3 is 28.4 Å². The molecular weight excluding hydrogens is 748 g/mol. The lowest BCUT2D eigenvalue weighted by Crippen LogP contribution is -2.74. The number of amides is 5. The van der Waals surface area contributed by atoms with Gasteiger partial charge < -0.3 is 40.6 Å². The number of nitrogens with one attached hydrogen (secondary N) is 4. The third-order valence-electron chi connectivity index (χ3n) is 6.52. The van der Waals surface area contributed by atoms with Crippen molar-refractivity contribution < 1.29 is 61.6 Å². The number of nitrogens with zero attached hydrogens (tertiary/aromatic N) is 4. The SMILES string of the molecule is CC(C)(C)OC(=O)Nc1nc(/C(=N/OC(C)(C)C(=O)OC(C)(C)C)C(=O)N[C@@H]2C(=O)N(S(=O)(=O)O)[C@@H]2CNC(=O)NCc2cc(=O)c(O)cn2O)cs1. The number of rotatable bonds is 12. The van der Waals surface area contributed by atoms with Gasteiger partial charge in [-0.25, -0.2) is 23.7 Å². The normalized spacial score (nSPS) is 16.6. The van der Waals surface area contributed by atoms with E-state index in [1.807, 2.05) is 0 Å². The van der Waals surface area contributed by atoms with Crippen LogP contribution < -0.4 is 26.7 Å². The molecule has 0 bridgehead atoms. The summed E-state index contributed by atoms with van der Waals surface area (Å²) < 4.78 is 44.7. The van der Waals surface area contributed by atoms with Crippen LogP contribution in [0.15, 0.2) is 27.6 Å². The monoisotopic (exact) mass is 788 g/mol. The number of pyridine rings is 1. The zero-order chi connectivity index (χ0) is 40.3. The first-order valence-electron chi connectivity index (χ1n) is 15.4. The molecule has 2 aromatic rings. The van der Waals surface area contributed by atoms with Crippen molar-refractivity contribution in [3.8, 4) is 5.75 Å². The van der Waals surface area contributed by atoms with Crippen molar-refractivity contribution in [1.29, 1.82) is 0 Å². The molecule has 2 aromatic heterocycles. The lowest BCUT2D eigenvalue weighted by molar-refractivity contribution is -0.179. The highest BCUT2D eigenvalue weighted by molar-refractivity contribution is 7.84. The maximum absolute atomic E-state index is 13.7. The van der Waals surface area contributed by atoms with Crippen LogP contribution in [0.3, 0.4) is 0 Å². The van der Waals surface area contributed by atoms with Gasteiger partial charge in [0.25, 0.3) is 11.8 Å². The van der Waals surface area contributed by atoms with E-state index >= 15 is 0 Å². The minimum atomic E-state index is -5.20. The highest BCUT2D eigenvalue weighted by Crippen LogP contribution is 2.25. The van der Waals surface area contributed by atoms with E-state index in [4.69, 9.17) is 14.3 Å². The summed E-state index contributed by atoms with van der Waals surface area (Å²) >= 11 is 0.837.